The molecule has 1 unspecified atom stereocenters. The molecule has 1 N–H and O–H groups in total. The van der Waals surface area contributed by atoms with E-state index >= 15 is 0 Å². The van der Waals surface area contributed by atoms with Crippen molar-refractivity contribution < 1.29 is 9.53 Å². The molecule has 0 spiro atoms. The van der Waals surface area contributed by atoms with Gasteiger partial charge in [-0.3, -0.25) is 4.79 Å². The van der Waals surface area contributed by atoms with Gasteiger partial charge in [-0.1, -0.05) is 26.0 Å². The first-order valence-electron chi connectivity index (χ1n) is 5.27. The Labute approximate surface area is 90.2 Å². The highest BCUT2D eigenvalue weighted by molar-refractivity contribution is 5.98. The van der Waals surface area contributed by atoms with Crippen molar-refractivity contribution in [1.82, 2.24) is 5.32 Å². The third-order valence-corrected chi connectivity index (χ3v) is 3.26. The minimum absolute atomic E-state index is 0.0464. The maximum absolute atomic E-state index is 11.7. The van der Waals surface area contributed by atoms with Crippen LogP contribution in [-0.2, 0) is 9.53 Å². The Hall–Kier alpha value is -1.09. The molecule has 0 aromatic rings. The predicted octanol–water partition coefficient (Wildman–Crippen LogP) is 1.41. The van der Waals surface area contributed by atoms with Crippen LogP contribution >= 0.6 is 0 Å². The molecule has 0 fully saturated rings. The van der Waals surface area contributed by atoms with E-state index < -0.39 is 0 Å². The molecule has 0 aromatic heterocycles. The van der Waals surface area contributed by atoms with E-state index in [1.807, 2.05) is 12.2 Å². The van der Waals surface area contributed by atoms with Gasteiger partial charge in [0, 0.05) is 24.6 Å². The second-order valence-corrected chi connectivity index (χ2v) is 4.80. The van der Waals surface area contributed by atoms with Crippen LogP contribution in [-0.4, -0.2) is 25.7 Å². The number of carbonyl (C=O) groups excluding carboxylic acids is 1. The number of hydrogen-bond donors (Lipinski definition) is 1. The van der Waals surface area contributed by atoms with Crippen LogP contribution in [0, 0.1) is 5.41 Å². The summed E-state index contributed by atoms with van der Waals surface area (Å²) in [4.78, 5) is 11.7. The average molecular weight is 207 g/mol. The number of hydrogen-bond acceptors (Lipinski definition) is 2. The summed E-state index contributed by atoms with van der Waals surface area (Å²) in [5.41, 5.74) is 2.10. The highest BCUT2D eigenvalue weighted by atomic mass is 16.5. The molecule has 0 bridgehead atoms. The van der Waals surface area contributed by atoms with Gasteiger partial charge in [-0.25, -0.2) is 0 Å². The summed E-state index contributed by atoms with van der Waals surface area (Å²) in [6, 6.07) is 0. The molecule has 0 saturated heterocycles. The van der Waals surface area contributed by atoms with Crippen molar-refractivity contribution in [3.8, 4) is 0 Å². The van der Waals surface area contributed by atoms with Crippen LogP contribution in [0.3, 0.4) is 0 Å². The Bertz CT molecular complexity index is 353. The lowest BCUT2D eigenvalue weighted by atomic mass is 9.74. The number of rotatable bonds is 1. The largest absolute Gasteiger partial charge is 0.377 e. The van der Waals surface area contributed by atoms with Crippen LogP contribution in [0.2, 0.25) is 0 Å². The van der Waals surface area contributed by atoms with Gasteiger partial charge in [-0.2, -0.15) is 0 Å². The van der Waals surface area contributed by atoms with Crippen molar-refractivity contribution in [2.75, 3.05) is 13.7 Å². The van der Waals surface area contributed by atoms with Gasteiger partial charge in [-0.15, -0.1) is 0 Å². The SMILES string of the molecule is COC1C=CC2=C(C1)C(C)(C)CNC2=O. The van der Waals surface area contributed by atoms with Gasteiger partial charge >= 0.3 is 0 Å². The Morgan fingerprint density at radius 3 is 2.93 bits per heavy atom. The minimum Gasteiger partial charge on any atom is -0.377 e. The monoisotopic (exact) mass is 207 g/mol. The lowest BCUT2D eigenvalue weighted by Gasteiger charge is -2.37. The minimum atomic E-state index is 0.0464. The summed E-state index contributed by atoms with van der Waals surface area (Å²) >= 11 is 0. The number of methoxy groups -OCH3 is 1. The molecule has 0 aromatic carbocycles. The Kier molecular flexibility index (Phi) is 2.43. The van der Waals surface area contributed by atoms with Gasteiger partial charge in [0.05, 0.1) is 6.10 Å². The van der Waals surface area contributed by atoms with Crippen molar-refractivity contribution in [3.05, 3.63) is 23.3 Å². The van der Waals surface area contributed by atoms with Crippen molar-refractivity contribution in [1.29, 1.82) is 0 Å². The van der Waals surface area contributed by atoms with Gasteiger partial charge < -0.3 is 10.1 Å². The second kappa shape index (κ2) is 3.49. The fourth-order valence-electron chi connectivity index (χ4n) is 2.20. The molecular formula is C12H17NO2. The van der Waals surface area contributed by atoms with Gasteiger partial charge in [-0.05, 0) is 12.0 Å². The third-order valence-electron chi connectivity index (χ3n) is 3.26. The summed E-state index contributed by atoms with van der Waals surface area (Å²) in [6.45, 7) is 5.04. The van der Waals surface area contributed by atoms with E-state index in [0.717, 1.165) is 18.5 Å². The van der Waals surface area contributed by atoms with Crippen LogP contribution in [0.25, 0.3) is 0 Å². The fourth-order valence-corrected chi connectivity index (χ4v) is 2.20. The standard InChI is InChI=1S/C12H17NO2/c1-12(2)7-13-11(14)9-5-4-8(15-3)6-10(9)12/h4-5,8H,6-7H2,1-3H3,(H,13,14). The Balaban J connectivity index is 2.38. The summed E-state index contributed by atoms with van der Waals surface area (Å²) < 4.78 is 5.32. The zero-order chi connectivity index (χ0) is 11.1. The van der Waals surface area contributed by atoms with E-state index in [0.29, 0.717) is 0 Å². The maximum atomic E-state index is 11.7. The molecule has 0 saturated carbocycles. The Morgan fingerprint density at radius 2 is 2.27 bits per heavy atom. The molecule has 3 nitrogen and oxygen atoms in total. The van der Waals surface area contributed by atoms with Crippen LogP contribution < -0.4 is 5.32 Å². The number of ether oxygens (including phenoxy) is 1. The predicted molar refractivity (Wildman–Crippen MR) is 58.4 cm³/mol. The van der Waals surface area contributed by atoms with Crippen molar-refractivity contribution in [2.24, 2.45) is 5.41 Å². The van der Waals surface area contributed by atoms with E-state index in [4.69, 9.17) is 4.74 Å². The van der Waals surface area contributed by atoms with Crippen LogP contribution in [0.5, 0.6) is 0 Å². The molecule has 3 heteroatoms. The first-order chi connectivity index (χ1) is 7.04. The van der Waals surface area contributed by atoms with Crippen LogP contribution in [0.1, 0.15) is 20.3 Å². The van der Waals surface area contributed by atoms with Crippen molar-refractivity contribution in [3.63, 3.8) is 0 Å². The zero-order valence-electron chi connectivity index (χ0n) is 9.46. The topological polar surface area (TPSA) is 38.3 Å². The van der Waals surface area contributed by atoms with Gasteiger partial charge in [0.2, 0.25) is 0 Å². The summed E-state index contributed by atoms with van der Waals surface area (Å²) in [5.74, 6) is 0.0510. The number of carbonyl (C=O) groups is 1. The van der Waals surface area contributed by atoms with Crippen LogP contribution in [0.4, 0.5) is 0 Å². The molecule has 1 aliphatic heterocycles. The normalized spacial score (nSPS) is 28.7. The molecule has 1 heterocycles. The summed E-state index contributed by atoms with van der Waals surface area (Å²) in [7, 11) is 1.70. The molecule has 1 aliphatic carbocycles. The Morgan fingerprint density at radius 1 is 1.53 bits per heavy atom. The zero-order valence-corrected chi connectivity index (χ0v) is 9.46. The molecular weight excluding hydrogens is 190 g/mol. The lowest BCUT2D eigenvalue weighted by Crippen LogP contribution is -2.43. The smallest absolute Gasteiger partial charge is 0.251 e. The van der Waals surface area contributed by atoms with E-state index in [-0.39, 0.29) is 17.4 Å². The molecule has 82 valence electrons. The maximum Gasteiger partial charge on any atom is 0.251 e. The number of amides is 1. The summed E-state index contributed by atoms with van der Waals surface area (Å²) in [6.07, 6.45) is 4.81. The molecule has 2 rings (SSSR count). The first-order valence-corrected chi connectivity index (χ1v) is 5.27. The van der Waals surface area contributed by atoms with Crippen molar-refractivity contribution >= 4 is 5.91 Å². The van der Waals surface area contributed by atoms with Gasteiger partial charge in [0.25, 0.3) is 5.91 Å². The summed E-state index contributed by atoms with van der Waals surface area (Å²) in [5, 5.41) is 2.92. The third kappa shape index (κ3) is 1.72. The average Bonchev–Trinajstić information content (AvgIpc) is 2.24. The first kappa shape index (κ1) is 10.4. The fraction of sp³-hybridized carbons (Fsp3) is 0.583. The van der Waals surface area contributed by atoms with E-state index in [1.54, 1.807) is 7.11 Å². The van der Waals surface area contributed by atoms with Gasteiger partial charge in [0.15, 0.2) is 0 Å². The molecule has 0 radical (unpaired) electrons. The van der Waals surface area contributed by atoms with Crippen molar-refractivity contribution in [2.45, 2.75) is 26.4 Å². The quantitative estimate of drug-likeness (QED) is 0.706. The molecule has 2 aliphatic rings. The highest BCUT2D eigenvalue weighted by Crippen LogP contribution is 2.37. The van der Waals surface area contributed by atoms with E-state index in [2.05, 4.69) is 19.2 Å². The van der Waals surface area contributed by atoms with Crippen LogP contribution in [0.15, 0.2) is 23.3 Å². The molecule has 1 atom stereocenters. The second-order valence-electron chi connectivity index (χ2n) is 4.80. The highest BCUT2D eigenvalue weighted by Gasteiger charge is 2.35. The number of nitrogens with one attached hydrogen (secondary N) is 1. The van der Waals surface area contributed by atoms with Gasteiger partial charge in [0.1, 0.15) is 0 Å². The molecule has 15 heavy (non-hydrogen) atoms. The van der Waals surface area contributed by atoms with E-state index in [1.165, 1.54) is 5.57 Å². The van der Waals surface area contributed by atoms with E-state index in [9.17, 15) is 4.79 Å². The lowest BCUT2D eigenvalue weighted by molar-refractivity contribution is -0.118. The molecule has 1 amide bonds.